The number of benzene rings is 1. The monoisotopic (exact) mass is 251 g/mol. The molecule has 0 saturated heterocycles. The van der Waals surface area contributed by atoms with Gasteiger partial charge in [0.1, 0.15) is 0 Å². The number of nitrogens with zero attached hydrogens (tertiary/aromatic N) is 2. The van der Waals surface area contributed by atoms with Gasteiger partial charge in [0.2, 0.25) is 0 Å². The number of pyridine rings is 1. The zero-order valence-corrected chi connectivity index (χ0v) is 10.3. The summed E-state index contributed by atoms with van der Waals surface area (Å²) in [5.74, 6) is -0.0733. The molecule has 0 fully saturated rings. The molecule has 0 saturated carbocycles. The Bertz CT molecular complexity index is 703. The number of hydrogen-bond acceptors (Lipinski definition) is 2. The summed E-state index contributed by atoms with van der Waals surface area (Å²) < 4.78 is 1.80. The standard InChI is InChI=1S/C15H13N3O/c19-15(12-6-2-1-3-7-12)16-10-13-11-17-18-9-5-4-8-14(13)18/h1-9,11H,10H2,(H,16,19). The van der Waals surface area contributed by atoms with Crippen LogP contribution in [0.2, 0.25) is 0 Å². The SMILES string of the molecule is O=C(NCc1cnn2ccccc12)c1ccccc1. The zero-order chi connectivity index (χ0) is 13.1. The first-order chi connectivity index (χ1) is 9.34. The lowest BCUT2D eigenvalue weighted by Crippen LogP contribution is -2.22. The summed E-state index contributed by atoms with van der Waals surface area (Å²) in [6.07, 6.45) is 3.67. The first-order valence-electron chi connectivity index (χ1n) is 6.09. The van der Waals surface area contributed by atoms with Gasteiger partial charge in [-0.15, -0.1) is 0 Å². The van der Waals surface area contributed by atoms with Gasteiger partial charge in [-0.1, -0.05) is 24.3 Å². The normalized spacial score (nSPS) is 10.5. The van der Waals surface area contributed by atoms with Gasteiger partial charge in [-0.3, -0.25) is 4.79 Å². The summed E-state index contributed by atoms with van der Waals surface area (Å²) in [4.78, 5) is 11.9. The number of fused-ring (bicyclic) bond motifs is 1. The third-order valence-corrected chi connectivity index (χ3v) is 2.98. The Morgan fingerprint density at radius 2 is 1.89 bits per heavy atom. The van der Waals surface area contributed by atoms with Crippen molar-refractivity contribution in [3.05, 3.63) is 72.1 Å². The van der Waals surface area contributed by atoms with Gasteiger partial charge < -0.3 is 5.32 Å². The third kappa shape index (κ3) is 2.33. The molecule has 3 aromatic rings. The summed E-state index contributed by atoms with van der Waals surface area (Å²) in [7, 11) is 0. The highest BCUT2D eigenvalue weighted by atomic mass is 16.1. The quantitative estimate of drug-likeness (QED) is 0.776. The number of hydrogen-bond donors (Lipinski definition) is 1. The number of carbonyl (C=O) groups is 1. The Hall–Kier alpha value is -2.62. The molecule has 0 aliphatic rings. The van der Waals surface area contributed by atoms with Crippen LogP contribution in [0.1, 0.15) is 15.9 Å². The summed E-state index contributed by atoms with van der Waals surface area (Å²) in [6, 6.07) is 15.1. The van der Waals surface area contributed by atoms with Gasteiger partial charge in [0.25, 0.3) is 5.91 Å². The maximum atomic E-state index is 11.9. The van der Waals surface area contributed by atoms with E-state index in [4.69, 9.17) is 0 Å². The molecule has 0 bridgehead atoms. The number of rotatable bonds is 3. The molecule has 0 aliphatic carbocycles. The van der Waals surface area contributed by atoms with Crippen LogP contribution in [-0.2, 0) is 6.54 Å². The minimum Gasteiger partial charge on any atom is -0.348 e. The van der Waals surface area contributed by atoms with Crippen molar-refractivity contribution in [3.8, 4) is 0 Å². The number of carbonyl (C=O) groups excluding carboxylic acids is 1. The fraction of sp³-hybridized carbons (Fsp3) is 0.0667. The molecular formula is C15H13N3O. The molecule has 1 amide bonds. The largest absolute Gasteiger partial charge is 0.348 e. The molecule has 0 aliphatic heterocycles. The predicted octanol–water partition coefficient (Wildman–Crippen LogP) is 2.26. The smallest absolute Gasteiger partial charge is 0.251 e. The second-order valence-electron chi connectivity index (χ2n) is 4.25. The molecule has 19 heavy (non-hydrogen) atoms. The lowest BCUT2D eigenvalue weighted by atomic mass is 10.2. The molecule has 3 rings (SSSR count). The van der Waals surface area contributed by atoms with Crippen LogP contribution >= 0.6 is 0 Å². The van der Waals surface area contributed by atoms with Gasteiger partial charge in [0.05, 0.1) is 11.7 Å². The van der Waals surface area contributed by atoms with Gasteiger partial charge in [-0.25, -0.2) is 4.52 Å². The van der Waals surface area contributed by atoms with Crippen molar-refractivity contribution < 1.29 is 4.79 Å². The highest BCUT2D eigenvalue weighted by Crippen LogP contribution is 2.09. The van der Waals surface area contributed by atoms with E-state index in [-0.39, 0.29) is 5.91 Å². The fourth-order valence-electron chi connectivity index (χ4n) is 1.99. The molecule has 94 valence electrons. The molecule has 0 atom stereocenters. The lowest BCUT2D eigenvalue weighted by Gasteiger charge is -2.04. The topological polar surface area (TPSA) is 46.4 Å². The first-order valence-corrected chi connectivity index (χ1v) is 6.09. The van der Waals surface area contributed by atoms with Crippen molar-refractivity contribution in [1.82, 2.24) is 14.9 Å². The van der Waals surface area contributed by atoms with Crippen molar-refractivity contribution in [1.29, 1.82) is 0 Å². The van der Waals surface area contributed by atoms with E-state index >= 15 is 0 Å². The van der Waals surface area contributed by atoms with Crippen LogP contribution in [0, 0.1) is 0 Å². The second-order valence-corrected chi connectivity index (χ2v) is 4.25. The summed E-state index contributed by atoms with van der Waals surface area (Å²) in [5, 5.41) is 7.14. The maximum Gasteiger partial charge on any atom is 0.251 e. The van der Waals surface area contributed by atoms with Crippen LogP contribution in [0.25, 0.3) is 5.52 Å². The van der Waals surface area contributed by atoms with Crippen LogP contribution in [0.4, 0.5) is 0 Å². The van der Waals surface area contributed by atoms with Crippen molar-refractivity contribution in [3.63, 3.8) is 0 Å². The zero-order valence-electron chi connectivity index (χ0n) is 10.3. The Morgan fingerprint density at radius 3 is 2.74 bits per heavy atom. The highest BCUT2D eigenvalue weighted by molar-refractivity contribution is 5.94. The van der Waals surface area contributed by atoms with E-state index in [2.05, 4.69) is 10.4 Å². The van der Waals surface area contributed by atoms with Gasteiger partial charge in [-0.05, 0) is 24.3 Å². The summed E-state index contributed by atoms with van der Waals surface area (Å²) >= 11 is 0. The maximum absolute atomic E-state index is 11.9. The van der Waals surface area contributed by atoms with E-state index in [1.54, 1.807) is 22.8 Å². The van der Waals surface area contributed by atoms with E-state index < -0.39 is 0 Å². The fourth-order valence-corrected chi connectivity index (χ4v) is 1.99. The molecule has 1 N–H and O–H groups in total. The Labute approximate surface area is 110 Å². The van der Waals surface area contributed by atoms with E-state index in [1.807, 2.05) is 42.6 Å². The Balaban J connectivity index is 1.75. The van der Waals surface area contributed by atoms with Gasteiger partial charge in [0, 0.05) is 23.9 Å². The van der Waals surface area contributed by atoms with Gasteiger partial charge in [-0.2, -0.15) is 5.10 Å². The number of amides is 1. The third-order valence-electron chi connectivity index (χ3n) is 2.98. The minimum absolute atomic E-state index is 0.0733. The highest BCUT2D eigenvalue weighted by Gasteiger charge is 2.07. The van der Waals surface area contributed by atoms with E-state index in [0.717, 1.165) is 11.1 Å². The molecule has 0 radical (unpaired) electrons. The van der Waals surface area contributed by atoms with Crippen LogP contribution in [0.15, 0.2) is 60.9 Å². The van der Waals surface area contributed by atoms with Crippen LogP contribution in [0.3, 0.4) is 0 Å². The second kappa shape index (κ2) is 4.94. The average molecular weight is 251 g/mol. The summed E-state index contributed by atoms with van der Waals surface area (Å²) in [5.41, 5.74) is 2.68. The van der Waals surface area contributed by atoms with Crippen LogP contribution < -0.4 is 5.32 Å². The van der Waals surface area contributed by atoms with Crippen molar-refractivity contribution in [2.45, 2.75) is 6.54 Å². The predicted molar refractivity (Wildman–Crippen MR) is 72.8 cm³/mol. The first kappa shape index (κ1) is 11.5. The van der Waals surface area contributed by atoms with E-state index in [1.165, 1.54) is 0 Å². The van der Waals surface area contributed by atoms with Crippen LogP contribution in [0.5, 0.6) is 0 Å². The molecule has 2 heterocycles. The Morgan fingerprint density at radius 1 is 1.11 bits per heavy atom. The van der Waals surface area contributed by atoms with E-state index in [0.29, 0.717) is 12.1 Å². The van der Waals surface area contributed by atoms with Crippen molar-refractivity contribution >= 4 is 11.4 Å². The number of nitrogens with one attached hydrogen (secondary N) is 1. The van der Waals surface area contributed by atoms with Crippen molar-refractivity contribution in [2.24, 2.45) is 0 Å². The molecule has 0 unspecified atom stereocenters. The van der Waals surface area contributed by atoms with Gasteiger partial charge in [0.15, 0.2) is 0 Å². The molecule has 1 aromatic carbocycles. The van der Waals surface area contributed by atoms with Crippen LogP contribution in [-0.4, -0.2) is 15.5 Å². The molecule has 4 heteroatoms. The molecular weight excluding hydrogens is 238 g/mol. The molecule has 0 spiro atoms. The number of aromatic nitrogens is 2. The van der Waals surface area contributed by atoms with Gasteiger partial charge >= 0.3 is 0 Å². The average Bonchev–Trinajstić information content (AvgIpc) is 2.89. The lowest BCUT2D eigenvalue weighted by molar-refractivity contribution is 0.0951. The summed E-state index contributed by atoms with van der Waals surface area (Å²) in [6.45, 7) is 0.473. The van der Waals surface area contributed by atoms with E-state index in [9.17, 15) is 4.79 Å². The van der Waals surface area contributed by atoms with Crippen molar-refractivity contribution in [2.75, 3.05) is 0 Å². The molecule has 2 aromatic heterocycles. The Kier molecular flexibility index (Phi) is 2.98. The minimum atomic E-state index is -0.0733. The molecule has 4 nitrogen and oxygen atoms in total.